The van der Waals surface area contributed by atoms with Gasteiger partial charge < -0.3 is 5.32 Å². The predicted molar refractivity (Wildman–Crippen MR) is 202 cm³/mol. The number of quaternary nitrogens is 1. The summed E-state index contributed by atoms with van der Waals surface area (Å²) in [5, 5.41) is 10.7. The summed E-state index contributed by atoms with van der Waals surface area (Å²) in [6.07, 6.45) is 31.8. The zero-order valence-corrected chi connectivity index (χ0v) is 29.1. The number of hydrogen-bond donors (Lipinski definition) is 3. The van der Waals surface area contributed by atoms with E-state index in [1.54, 1.807) is 11.1 Å². The molecule has 3 aromatic carbocycles. The van der Waals surface area contributed by atoms with Gasteiger partial charge in [0.1, 0.15) is 0 Å². The van der Waals surface area contributed by atoms with Crippen molar-refractivity contribution in [3.63, 3.8) is 0 Å². The molecular weight excluding hydrogens is 595 g/mol. The normalized spacial score (nSPS) is 31.6. The predicted octanol–water partition coefficient (Wildman–Crippen LogP) is 8.76. The number of allylic oxidation sites excluding steroid dienone is 5. The fourth-order valence-corrected chi connectivity index (χ4v) is 11.0. The smallest absolute Gasteiger partial charge is 0.169 e. The minimum atomic E-state index is 0.103. The molecule has 49 heavy (non-hydrogen) atoms. The van der Waals surface area contributed by atoms with Crippen LogP contribution in [0.15, 0.2) is 84.5 Å². The lowest BCUT2D eigenvalue weighted by Crippen LogP contribution is -2.96. The molecule has 6 unspecified atom stereocenters. The molecule has 3 nitrogen and oxygen atoms in total. The van der Waals surface area contributed by atoms with Gasteiger partial charge in [0, 0.05) is 11.1 Å². The van der Waals surface area contributed by atoms with Crippen molar-refractivity contribution in [1.29, 1.82) is 0 Å². The van der Waals surface area contributed by atoms with Crippen LogP contribution >= 0.6 is 0 Å². The van der Waals surface area contributed by atoms with E-state index in [1.165, 1.54) is 62.9 Å². The number of hydrogen-bond acceptors (Lipinski definition) is 2. The third-order valence-corrected chi connectivity index (χ3v) is 13.6. The number of rotatable bonds is 3. The third kappa shape index (κ3) is 4.95. The molecule has 7 aliphatic rings. The molecule has 0 radical (unpaired) electrons. The van der Waals surface area contributed by atoms with E-state index in [1.807, 2.05) is 0 Å². The quantitative estimate of drug-likeness (QED) is 0.250. The van der Waals surface area contributed by atoms with E-state index in [9.17, 15) is 0 Å². The lowest BCUT2D eigenvalue weighted by Gasteiger charge is -2.39. The van der Waals surface area contributed by atoms with Gasteiger partial charge in [-0.05, 0) is 143 Å². The molecule has 3 aromatic rings. The summed E-state index contributed by atoms with van der Waals surface area (Å²) in [7, 11) is 0. The molecule has 6 aliphatic carbocycles. The Bertz CT molecular complexity index is 1910. The summed E-state index contributed by atoms with van der Waals surface area (Å²) in [4.78, 5) is 0. The highest BCUT2D eigenvalue weighted by Gasteiger charge is 2.55. The zero-order chi connectivity index (χ0) is 32.7. The third-order valence-electron chi connectivity index (χ3n) is 13.6. The molecule has 0 amide bonds. The highest BCUT2D eigenvalue weighted by Crippen LogP contribution is 2.64. The summed E-state index contributed by atoms with van der Waals surface area (Å²) >= 11 is 0. The fraction of sp³-hybridized carbons (Fsp3) is 0.391. The second-order valence-electron chi connectivity index (χ2n) is 16.5. The molecule has 3 heteroatoms. The molecule has 1 heterocycles. The molecule has 2 fully saturated rings. The van der Waals surface area contributed by atoms with Crippen LogP contribution in [0.1, 0.15) is 120 Å². The van der Waals surface area contributed by atoms with E-state index < -0.39 is 0 Å². The van der Waals surface area contributed by atoms with Crippen molar-refractivity contribution in [2.45, 2.75) is 89.6 Å². The van der Waals surface area contributed by atoms with Crippen LogP contribution in [0.4, 0.5) is 0 Å². The zero-order valence-electron chi connectivity index (χ0n) is 29.1. The van der Waals surface area contributed by atoms with Crippen LogP contribution in [-0.2, 0) is 19.3 Å². The molecule has 4 N–H and O–H groups in total. The maximum absolute atomic E-state index is 4.09. The lowest BCUT2D eigenvalue weighted by molar-refractivity contribution is -0.754. The van der Waals surface area contributed by atoms with Gasteiger partial charge in [-0.1, -0.05) is 105 Å². The SMILES string of the molecule is CC1(C)C2C=Cc3ccc4c(c3C2C2C=CCCC21)CCC(C1NC(c2ccc3c(c2)C=CCC3)[NH2+]C(c2ccc3c(c2)C=CCC3)N1)=C4. The average molecular weight is 645 g/mol. The molecule has 0 bridgehead atoms. The van der Waals surface area contributed by atoms with Gasteiger partial charge in [-0.3, -0.25) is 0 Å². The molecule has 10 rings (SSSR count). The Labute approximate surface area is 292 Å². The highest BCUT2D eigenvalue weighted by molar-refractivity contribution is 5.71. The number of aryl methyl sites for hydroxylation is 2. The standard InChI is InChI=1S/C46H49N3/c1-46(2)39-14-8-7-13-38(39)42-40(46)24-22-30-17-18-33-27-36(21-23-37(33)41(30)42)45-48-43(34-19-15-28-9-3-5-11-31(28)25-34)47-44(49-45)35-20-16-29-10-4-6-12-32(29)26-35/h5-7,11-13,15-20,22,24-27,38-40,42-45,47-49H,3-4,8-10,14,21,23H2,1-2H3/p+1. The van der Waals surface area contributed by atoms with Gasteiger partial charge in [0.15, 0.2) is 12.3 Å². The number of nitrogens with one attached hydrogen (secondary N) is 2. The number of nitrogens with two attached hydrogens (primary N) is 1. The van der Waals surface area contributed by atoms with Crippen LogP contribution in [0.3, 0.4) is 0 Å². The first-order valence-corrected chi connectivity index (χ1v) is 19.2. The van der Waals surface area contributed by atoms with Crippen molar-refractivity contribution in [2.24, 2.45) is 23.2 Å². The molecule has 0 aromatic heterocycles. The lowest BCUT2D eigenvalue weighted by atomic mass is 9.68. The fourth-order valence-electron chi connectivity index (χ4n) is 11.0. The van der Waals surface area contributed by atoms with Gasteiger partial charge in [0.05, 0.1) is 6.17 Å². The molecule has 248 valence electrons. The Morgan fingerprint density at radius 2 is 1.37 bits per heavy atom. The average Bonchev–Trinajstić information content (AvgIpc) is 3.39. The Morgan fingerprint density at radius 1 is 0.673 bits per heavy atom. The molecule has 0 spiro atoms. The Kier molecular flexibility index (Phi) is 7.16. The first-order chi connectivity index (χ1) is 24.0. The van der Waals surface area contributed by atoms with E-state index >= 15 is 0 Å². The molecule has 1 aliphatic heterocycles. The second-order valence-corrected chi connectivity index (χ2v) is 16.5. The molecule has 1 saturated carbocycles. The molecule has 6 atom stereocenters. The van der Waals surface area contributed by atoms with Crippen LogP contribution in [0.5, 0.6) is 0 Å². The van der Waals surface area contributed by atoms with E-state index in [0.29, 0.717) is 23.2 Å². The van der Waals surface area contributed by atoms with Gasteiger partial charge in [0.2, 0.25) is 0 Å². The Balaban J connectivity index is 1.02. The monoisotopic (exact) mass is 644 g/mol. The Hall–Kier alpha value is -3.76. The number of fused-ring (bicyclic) bond motifs is 9. The van der Waals surface area contributed by atoms with Gasteiger partial charge in [-0.2, -0.15) is 0 Å². The van der Waals surface area contributed by atoms with E-state index in [2.05, 4.69) is 133 Å². The van der Waals surface area contributed by atoms with Gasteiger partial charge in [-0.15, -0.1) is 0 Å². The maximum Gasteiger partial charge on any atom is 0.169 e. The first-order valence-electron chi connectivity index (χ1n) is 19.2. The van der Waals surface area contributed by atoms with Crippen molar-refractivity contribution in [1.82, 2.24) is 10.6 Å². The summed E-state index contributed by atoms with van der Waals surface area (Å²) in [6.45, 7) is 5.11. The summed E-state index contributed by atoms with van der Waals surface area (Å²) in [5.41, 5.74) is 16.5. The van der Waals surface area contributed by atoms with E-state index in [-0.39, 0.29) is 18.5 Å². The van der Waals surface area contributed by atoms with Crippen LogP contribution < -0.4 is 16.0 Å². The van der Waals surface area contributed by atoms with Gasteiger partial charge in [-0.25, -0.2) is 10.6 Å². The largest absolute Gasteiger partial charge is 0.309 e. The van der Waals surface area contributed by atoms with Gasteiger partial charge >= 0.3 is 0 Å². The minimum Gasteiger partial charge on any atom is -0.309 e. The minimum absolute atomic E-state index is 0.103. The van der Waals surface area contributed by atoms with Crippen LogP contribution in [-0.4, -0.2) is 6.17 Å². The van der Waals surface area contributed by atoms with E-state index in [4.69, 9.17) is 0 Å². The summed E-state index contributed by atoms with van der Waals surface area (Å²) < 4.78 is 0. The van der Waals surface area contributed by atoms with Crippen molar-refractivity contribution in [3.05, 3.63) is 140 Å². The first kappa shape index (κ1) is 30.1. The Morgan fingerprint density at radius 3 is 2.08 bits per heavy atom. The van der Waals surface area contributed by atoms with Gasteiger partial charge in [0.25, 0.3) is 0 Å². The summed E-state index contributed by atoms with van der Waals surface area (Å²) in [6, 6.07) is 19.2. The van der Waals surface area contributed by atoms with E-state index in [0.717, 1.165) is 44.4 Å². The second kappa shape index (κ2) is 11.7. The van der Waals surface area contributed by atoms with Crippen LogP contribution in [0, 0.1) is 23.2 Å². The topological polar surface area (TPSA) is 40.7 Å². The summed E-state index contributed by atoms with van der Waals surface area (Å²) in [5.74, 6) is 2.65. The molecule has 1 saturated heterocycles. The molecular formula is C46H50N3+. The van der Waals surface area contributed by atoms with Crippen molar-refractivity contribution >= 4 is 24.3 Å². The van der Waals surface area contributed by atoms with Crippen LogP contribution in [0.2, 0.25) is 0 Å². The van der Waals surface area contributed by atoms with Crippen molar-refractivity contribution in [2.75, 3.05) is 0 Å². The van der Waals surface area contributed by atoms with Crippen LogP contribution in [0.25, 0.3) is 24.3 Å². The number of benzene rings is 3. The maximum atomic E-state index is 4.09. The highest BCUT2D eigenvalue weighted by atomic mass is 15.4. The van der Waals surface area contributed by atoms with Crippen molar-refractivity contribution < 1.29 is 5.32 Å². The van der Waals surface area contributed by atoms with Crippen molar-refractivity contribution in [3.8, 4) is 0 Å².